The summed E-state index contributed by atoms with van der Waals surface area (Å²) < 4.78 is 5.90. The van der Waals surface area contributed by atoms with E-state index < -0.39 is 0 Å². The van der Waals surface area contributed by atoms with Crippen LogP contribution in [0, 0.1) is 12.8 Å². The minimum atomic E-state index is 0.172. The van der Waals surface area contributed by atoms with Gasteiger partial charge in [-0.25, -0.2) is 0 Å². The van der Waals surface area contributed by atoms with Gasteiger partial charge in [0.25, 0.3) is 0 Å². The maximum absolute atomic E-state index is 11.7. The molecule has 1 atom stereocenters. The molecule has 150 valence electrons. The van der Waals surface area contributed by atoms with Crippen molar-refractivity contribution in [3.05, 3.63) is 23.7 Å². The van der Waals surface area contributed by atoms with Crippen LogP contribution in [0.2, 0.25) is 0 Å². The first-order valence-corrected chi connectivity index (χ1v) is 10.3. The van der Waals surface area contributed by atoms with Gasteiger partial charge in [0, 0.05) is 25.6 Å². The minimum Gasteiger partial charge on any atom is -0.465 e. The van der Waals surface area contributed by atoms with Crippen molar-refractivity contribution in [2.24, 2.45) is 10.9 Å². The summed E-state index contributed by atoms with van der Waals surface area (Å²) in [5.41, 5.74) is 0. The summed E-state index contributed by atoms with van der Waals surface area (Å²) in [5, 5.41) is 9.57. The number of rotatable bonds is 9. The molecule has 1 aliphatic heterocycles. The lowest BCUT2D eigenvalue weighted by Gasteiger charge is -2.24. The molecule has 7 heteroatoms. The van der Waals surface area contributed by atoms with Crippen molar-refractivity contribution in [1.82, 2.24) is 20.9 Å². The number of hydrogen-bond donors (Lipinski definition) is 3. The van der Waals surface area contributed by atoms with E-state index in [-0.39, 0.29) is 17.9 Å². The number of hydrogen-bond acceptors (Lipinski definition) is 4. The Morgan fingerprint density at radius 2 is 1.96 bits per heavy atom. The predicted octanol–water partition coefficient (Wildman–Crippen LogP) is 1.81. The van der Waals surface area contributed by atoms with Crippen LogP contribution in [0.25, 0.3) is 0 Å². The summed E-state index contributed by atoms with van der Waals surface area (Å²) in [7, 11) is 0. The Hall–Kier alpha value is -2.02. The molecule has 1 saturated heterocycles. The molecule has 1 amide bonds. The van der Waals surface area contributed by atoms with E-state index in [9.17, 15) is 4.79 Å². The fourth-order valence-electron chi connectivity index (χ4n) is 3.45. The number of amides is 1. The summed E-state index contributed by atoms with van der Waals surface area (Å²) >= 11 is 0. The first-order chi connectivity index (χ1) is 13.2. The molecular formula is C20H33N5O2. The van der Waals surface area contributed by atoms with E-state index in [4.69, 9.17) is 9.41 Å². The minimum absolute atomic E-state index is 0.172. The molecule has 7 nitrogen and oxygen atoms in total. The van der Waals surface area contributed by atoms with E-state index in [1.54, 1.807) is 0 Å². The average molecular weight is 376 g/mol. The van der Waals surface area contributed by atoms with E-state index in [0.29, 0.717) is 19.6 Å². The van der Waals surface area contributed by atoms with Gasteiger partial charge in [0.2, 0.25) is 5.91 Å². The largest absolute Gasteiger partial charge is 0.465 e. The molecule has 3 rings (SSSR count). The Labute approximate surface area is 162 Å². The number of aryl methyl sites for hydroxylation is 1. The molecule has 1 aromatic heterocycles. The molecule has 1 unspecified atom stereocenters. The number of aliphatic imine (C=N–C) groups is 1. The van der Waals surface area contributed by atoms with Gasteiger partial charge in [0.15, 0.2) is 5.96 Å². The number of furan rings is 1. The van der Waals surface area contributed by atoms with Crippen molar-refractivity contribution < 1.29 is 9.21 Å². The topological polar surface area (TPSA) is 81.9 Å². The highest BCUT2D eigenvalue weighted by Gasteiger charge is 2.29. The Kier molecular flexibility index (Phi) is 7.15. The van der Waals surface area contributed by atoms with Crippen LogP contribution in [0.1, 0.15) is 50.2 Å². The van der Waals surface area contributed by atoms with Crippen LogP contribution < -0.4 is 16.0 Å². The molecule has 1 aromatic rings. The normalized spacial score (nSPS) is 19.1. The zero-order valence-electron chi connectivity index (χ0n) is 16.6. The van der Waals surface area contributed by atoms with E-state index in [2.05, 4.69) is 33.8 Å². The van der Waals surface area contributed by atoms with E-state index in [1.165, 1.54) is 12.8 Å². The molecule has 1 saturated carbocycles. The Bertz CT molecular complexity index is 632. The standard InChI is InChI=1S/C20H33N5O2/c1-3-21-20(23-11-10-22-19(26)16-7-8-16)24-14-17(25-12-4-5-13-25)18-9-6-15(2)27-18/h6,9,16-17H,3-5,7-8,10-14H2,1-2H3,(H,22,26)(H2,21,23,24). The van der Waals surface area contributed by atoms with Crippen molar-refractivity contribution in [2.45, 2.75) is 45.6 Å². The van der Waals surface area contributed by atoms with Crippen LogP contribution in [0.5, 0.6) is 0 Å². The second-order valence-electron chi connectivity index (χ2n) is 7.42. The van der Waals surface area contributed by atoms with Crippen molar-refractivity contribution in [2.75, 3.05) is 39.3 Å². The summed E-state index contributed by atoms with van der Waals surface area (Å²) in [6, 6.07) is 4.27. The fraction of sp³-hybridized carbons (Fsp3) is 0.700. The molecule has 2 fully saturated rings. The molecular weight excluding hydrogens is 342 g/mol. The summed E-state index contributed by atoms with van der Waals surface area (Å²) in [6.07, 6.45) is 4.54. The summed E-state index contributed by atoms with van der Waals surface area (Å²) in [6.45, 7) is 8.96. The van der Waals surface area contributed by atoms with Gasteiger partial charge in [-0.15, -0.1) is 0 Å². The average Bonchev–Trinajstić information content (AvgIpc) is 3.21. The second kappa shape index (κ2) is 9.78. The molecule has 2 heterocycles. The van der Waals surface area contributed by atoms with Crippen LogP contribution in [-0.4, -0.2) is 56.0 Å². The lowest BCUT2D eigenvalue weighted by molar-refractivity contribution is -0.122. The molecule has 0 bridgehead atoms. The fourth-order valence-corrected chi connectivity index (χ4v) is 3.45. The van der Waals surface area contributed by atoms with E-state index in [0.717, 1.165) is 50.0 Å². The predicted molar refractivity (Wildman–Crippen MR) is 107 cm³/mol. The Balaban J connectivity index is 1.54. The van der Waals surface area contributed by atoms with Crippen LogP contribution in [0.3, 0.4) is 0 Å². The van der Waals surface area contributed by atoms with Crippen molar-refractivity contribution in [3.8, 4) is 0 Å². The zero-order valence-corrected chi connectivity index (χ0v) is 16.6. The number of likely N-dealkylation sites (tertiary alicyclic amines) is 1. The van der Waals surface area contributed by atoms with Crippen LogP contribution >= 0.6 is 0 Å². The quantitative estimate of drug-likeness (QED) is 0.348. The van der Waals surface area contributed by atoms with Gasteiger partial charge in [0.1, 0.15) is 11.5 Å². The number of carbonyl (C=O) groups excluding carboxylic acids is 1. The summed E-state index contributed by atoms with van der Waals surface area (Å²) in [5.74, 6) is 3.15. The van der Waals surface area contributed by atoms with Gasteiger partial charge in [-0.1, -0.05) is 0 Å². The highest BCUT2D eigenvalue weighted by molar-refractivity contribution is 5.81. The smallest absolute Gasteiger partial charge is 0.223 e. The highest BCUT2D eigenvalue weighted by atomic mass is 16.3. The maximum Gasteiger partial charge on any atom is 0.223 e. The molecule has 1 aliphatic carbocycles. The third-order valence-corrected chi connectivity index (χ3v) is 5.10. The maximum atomic E-state index is 11.7. The van der Waals surface area contributed by atoms with Gasteiger partial charge in [-0.2, -0.15) is 0 Å². The van der Waals surface area contributed by atoms with E-state index in [1.807, 2.05) is 13.0 Å². The number of carbonyl (C=O) groups is 1. The van der Waals surface area contributed by atoms with Gasteiger partial charge in [0.05, 0.1) is 12.6 Å². The van der Waals surface area contributed by atoms with Gasteiger partial charge < -0.3 is 20.4 Å². The van der Waals surface area contributed by atoms with Gasteiger partial charge in [-0.3, -0.25) is 14.7 Å². The van der Waals surface area contributed by atoms with Crippen LogP contribution in [0.15, 0.2) is 21.5 Å². The van der Waals surface area contributed by atoms with Gasteiger partial charge in [-0.05, 0) is 64.8 Å². The third-order valence-electron chi connectivity index (χ3n) is 5.10. The molecule has 0 radical (unpaired) electrons. The number of nitrogens with one attached hydrogen (secondary N) is 3. The lowest BCUT2D eigenvalue weighted by Crippen LogP contribution is -2.42. The molecule has 3 N–H and O–H groups in total. The second-order valence-corrected chi connectivity index (χ2v) is 7.42. The lowest BCUT2D eigenvalue weighted by atomic mass is 10.2. The monoisotopic (exact) mass is 375 g/mol. The Morgan fingerprint density at radius 3 is 2.59 bits per heavy atom. The first-order valence-electron chi connectivity index (χ1n) is 10.3. The SMILES string of the molecule is CCNC(=NCC(c1ccc(C)o1)N1CCCC1)NCCNC(=O)C1CC1. The van der Waals surface area contributed by atoms with Crippen LogP contribution in [-0.2, 0) is 4.79 Å². The summed E-state index contributed by atoms with van der Waals surface area (Å²) in [4.78, 5) is 18.9. The van der Waals surface area contributed by atoms with Crippen LogP contribution in [0.4, 0.5) is 0 Å². The molecule has 0 aromatic carbocycles. The number of guanidine groups is 1. The number of nitrogens with zero attached hydrogens (tertiary/aromatic N) is 2. The highest BCUT2D eigenvalue weighted by Crippen LogP contribution is 2.28. The first kappa shape index (κ1) is 19.7. The van der Waals surface area contributed by atoms with Gasteiger partial charge >= 0.3 is 0 Å². The van der Waals surface area contributed by atoms with Crippen molar-refractivity contribution >= 4 is 11.9 Å². The zero-order chi connectivity index (χ0) is 19.1. The van der Waals surface area contributed by atoms with Crippen molar-refractivity contribution in [3.63, 3.8) is 0 Å². The third kappa shape index (κ3) is 5.99. The molecule has 2 aliphatic rings. The molecule has 27 heavy (non-hydrogen) atoms. The van der Waals surface area contributed by atoms with E-state index >= 15 is 0 Å². The van der Waals surface area contributed by atoms with Crippen molar-refractivity contribution in [1.29, 1.82) is 0 Å². The molecule has 0 spiro atoms. The Morgan fingerprint density at radius 1 is 1.22 bits per heavy atom.